The maximum absolute atomic E-state index is 12.0. The third-order valence-electron chi connectivity index (χ3n) is 1.98. The molecule has 0 aliphatic heterocycles. The number of benzene rings is 1. The van der Waals surface area contributed by atoms with Gasteiger partial charge in [-0.2, -0.15) is 8.78 Å². The van der Waals surface area contributed by atoms with Gasteiger partial charge in [0.15, 0.2) is 0 Å². The molecule has 0 unspecified atom stereocenters. The van der Waals surface area contributed by atoms with Crippen LogP contribution in [0.3, 0.4) is 0 Å². The van der Waals surface area contributed by atoms with Gasteiger partial charge < -0.3 is 0 Å². The molecule has 0 aliphatic rings. The maximum atomic E-state index is 12.0. The van der Waals surface area contributed by atoms with Gasteiger partial charge in [0.1, 0.15) is 0 Å². The van der Waals surface area contributed by atoms with Crippen LogP contribution in [-0.2, 0) is 0 Å². The average Bonchev–Trinajstić information content (AvgIpc) is 2.67. The highest BCUT2D eigenvalue weighted by Gasteiger charge is 2.01. The van der Waals surface area contributed by atoms with Crippen molar-refractivity contribution in [2.24, 2.45) is 0 Å². The third-order valence-corrected chi connectivity index (χ3v) is 2.86. The van der Waals surface area contributed by atoms with Crippen LogP contribution in [0.2, 0.25) is 0 Å². The molecule has 0 atom stereocenters. The van der Waals surface area contributed by atoms with Gasteiger partial charge in [-0.3, -0.25) is 0 Å². The molecule has 0 saturated carbocycles. The number of thiophene rings is 1. The molecule has 0 spiro atoms. The molecule has 0 N–H and O–H groups in total. The van der Waals surface area contributed by atoms with Crippen LogP contribution >= 0.6 is 11.3 Å². The lowest BCUT2D eigenvalue weighted by atomic mass is 10.1. The van der Waals surface area contributed by atoms with Crippen molar-refractivity contribution in [1.82, 2.24) is 0 Å². The summed E-state index contributed by atoms with van der Waals surface area (Å²) in [5, 5.41) is 1.88. The molecular weight excluding hydrogens is 214 g/mol. The van der Waals surface area contributed by atoms with E-state index in [1.807, 2.05) is 35.7 Å². The second-order valence-corrected chi connectivity index (χ2v) is 3.98. The van der Waals surface area contributed by atoms with E-state index in [1.54, 1.807) is 6.07 Å². The Kier molecular flexibility index (Phi) is 2.92. The second kappa shape index (κ2) is 4.36. The minimum Gasteiger partial charge on any atom is -0.173 e. The van der Waals surface area contributed by atoms with Crippen molar-refractivity contribution in [1.29, 1.82) is 0 Å². The quantitative estimate of drug-likeness (QED) is 0.693. The molecule has 0 amide bonds. The van der Waals surface area contributed by atoms with E-state index in [2.05, 4.69) is 0 Å². The minimum absolute atomic E-state index is 0.578. The first kappa shape index (κ1) is 10.1. The molecule has 0 nitrogen and oxygen atoms in total. The topological polar surface area (TPSA) is 0 Å². The van der Waals surface area contributed by atoms with E-state index in [0.29, 0.717) is 4.88 Å². The van der Waals surface area contributed by atoms with E-state index < -0.39 is 6.08 Å². The summed E-state index contributed by atoms with van der Waals surface area (Å²) in [5.41, 5.74) is 2.03. The van der Waals surface area contributed by atoms with Gasteiger partial charge in [-0.1, -0.05) is 30.3 Å². The largest absolute Gasteiger partial charge is 0.271 e. The molecular formula is C12H8F2S. The number of hydrogen-bond acceptors (Lipinski definition) is 1. The highest BCUT2D eigenvalue weighted by atomic mass is 32.1. The van der Waals surface area contributed by atoms with Crippen LogP contribution in [0.1, 0.15) is 4.88 Å². The molecule has 2 rings (SSSR count). The standard InChI is InChI=1S/C12H8F2S/c13-12(14)7-11-6-10(8-15-11)9-4-2-1-3-5-9/h1-8H. The lowest BCUT2D eigenvalue weighted by Crippen LogP contribution is -1.70. The predicted octanol–water partition coefficient (Wildman–Crippen LogP) is 4.65. The van der Waals surface area contributed by atoms with Crippen LogP contribution in [0.25, 0.3) is 17.2 Å². The molecule has 0 saturated heterocycles. The number of halogens is 2. The van der Waals surface area contributed by atoms with Crippen LogP contribution < -0.4 is 0 Å². The van der Waals surface area contributed by atoms with E-state index >= 15 is 0 Å². The van der Waals surface area contributed by atoms with Gasteiger partial charge in [0, 0.05) is 11.0 Å². The molecule has 76 valence electrons. The SMILES string of the molecule is FC(F)=Cc1cc(-c2ccccc2)cs1. The highest BCUT2D eigenvalue weighted by molar-refractivity contribution is 7.11. The summed E-state index contributed by atoms with van der Waals surface area (Å²) in [6.07, 6.45) is -0.770. The fourth-order valence-electron chi connectivity index (χ4n) is 1.32. The molecule has 2 aromatic rings. The van der Waals surface area contributed by atoms with Crippen molar-refractivity contribution in [3.8, 4) is 11.1 Å². The zero-order valence-electron chi connectivity index (χ0n) is 7.78. The molecule has 3 heteroatoms. The van der Waals surface area contributed by atoms with Crippen LogP contribution in [0, 0.1) is 0 Å². The summed E-state index contributed by atoms with van der Waals surface area (Å²) in [7, 11) is 0. The molecule has 0 bridgehead atoms. The van der Waals surface area contributed by atoms with Crippen molar-refractivity contribution >= 4 is 17.4 Å². The molecule has 1 heterocycles. The third kappa shape index (κ3) is 2.50. The fourth-order valence-corrected chi connectivity index (χ4v) is 2.14. The normalized spacial score (nSPS) is 10.0. The molecule has 1 aromatic heterocycles. The van der Waals surface area contributed by atoms with Gasteiger partial charge in [0.05, 0.1) is 0 Å². The van der Waals surface area contributed by atoms with Gasteiger partial charge in [-0.25, -0.2) is 0 Å². The molecule has 15 heavy (non-hydrogen) atoms. The average molecular weight is 222 g/mol. The van der Waals surface area contributed by atoms with Crippen molar-refractivity contribution in [3.63, 3.8) is 0 Å². The van der Waals surface area contributed by atoms with E-state index in [9.17, 15) is 8.78 Å². The summed E-state index contributed by atoms with van der Waals surface area (Å²) in [4.78, 5) is 0.578. The Morgan fingerprint density at radius 1 is 1.07 bits per heavy atom. The smallest absolute Gasteiger partial charge is 0.173 e. The Balaban J connectivity index is 2.32. The van der Waals surface area contributed by atoms with E-state index in [0.717, 1.165) is 17.2 Å². The van der Waals surface area contributed by atoms with Crippen molar-refractivity contribution in [2.45, 2.75) is 0 Å². The summed E-state index contributed by atoms with van der Waals surface area (Å²) in [6.45, 7) is 0. The van der Waals surface area contributed by atoms with Crippen molar-refractivity contribution in [2.75, 3.05) is 0 Å². The zero-order valence-corrected chi connectivity index (χ0v) is 8.60. The Morgan fingerprint density at radius 2 is 1.80 bits per heavy atom. The van der Waals surface area contributed by atoms with Gasteiger partial charge in [0.25, 0.3) is 6.08 Å². The van der Waals surface area contributed by atoms with Gasteiger partial charge in [-0.05, 0) is 22.6 Å². The van der Waals surface area contributed by atoms with Crippen LogP contribution in [-0.4, -0.2) is 0 Å². The molecule has 0 radical (unpaired) electrons. The number of hydrogen-bond donors (Lipinski definition) is 0. The van der Waals surface area contributed by atoms with Crippen LogP contribution in [0.4, 0.5) is 8.78 Å². The van der Waals surface area contributed by atoms with E-state index in [4.69, 9.17) is 0 Å². The van der Waals surface area contributed by atoms with E-state index in [-0.39, 0.29) is 0 Å². The van der Waals surface area contributed by atoms with Crippen molar-refractivity contribution < 1.29 is 8.78 Å². The lowest BCUT2D eigenvalue weighted by molar-refractivity contribution is 0.429. The van der Waals surface area contributed by atoms with Crippen LogP contribution in [0.15, 0.2) is 47.9 Å². The first-order valence-corrected chi connectivity index (χ1v) is 5.30. The first-order chi connectivity index (χ1) is 7.25. The summed E-state index contributed by atoms with van der Waals surface area (Å²) in [6, 6.07) is 11.5. The monoisotopic (exact) mass is 222 g/mol. The van der Waals surface area contributed by atoms with Crippen LogP contribution in [0.5, 0.6) is 0 Å². The van der Waals surface area contributed by atoms with E-state index in [1.165, 1.54) is 11.3 Å². The number of rotatable bonds is 2. The van der Waals surface area contributed by atoms with Gasteiger partial charge >= 0.3 is 0 Å². The summed E-state index contributed by atoms with van der Waals surface area (Å²) < 4.78 is 24.0. The summed E-state index contributed by atoms with van der Waals surface area (Å²) >= 11 is 1.32. The first-order valence-electron chi connectivity index (χ1n) is 4.42. The maximum Gasteiger partial charge on any atom is 0.271 e. The summed E-state index contributed by atoms with van der Waals surface area (Å²) in [5.74, 6) is 0. The molecule has 0 aliphatic carbocycles. The lowest BCUT2D eigenvalue weighted by Gasteiger charge is -1.94. The predicted molar refractivity (Wildman–Crippen MR) is 59.9 cm³/mol. The second-order valence-electron chi connectivity index (χ2n) is 3.04. The molecule has 0 fully saturated rings. The van der Waals surface area contributed by atoms with Gasteiger partial charge in [0.2, 0.25) is 0 Å². The Labute approximate surface area is 90.5 Å². The minimum atomic E-state index is -1.66. The zero-order chi connectivity index (χ0) is 10.7. The fraction of sp³-hybridized carbons (Fsp3) is 0. The highest BCUT2D eigenvalue weighted by Crippen LogP contribution is 2.27. The van der Waals surface area contributed by atoms with Crippen molar-refractivity contribution in [3.05, 3.63) is 52.7 Å². The van der Waals surface area contributed by atoms with Gasteiger partial charge in [-0.15, -0.1) is 11.3 Å². The Hall–Kier alpha value is -1.48. The molecule has 1 aromatic carbocycles. The Morgan fingerprint density at radius 3 is 2.47 bits per heavy atom. The Bertz CT molecular complexity index is 467.